The van der Waals surface area contributed by atoms with Gasteiger partial charge in [-0.2, -0.15) is 0 Å². The number of nitrogens with zero attached hydrogens (tertiary/aromatic N) is 2. The van der Waals surface area contributed by atoms with E-state index >= 15 is 0 Å². The molecule has 2 fully saturated rings. The molecule has 0 radical (unpaired) electrons. The van der Waals surface area contributed by atoms with Crippen LogP contribution in [0.5, 0.6) is 0 Å². The van der Waals surface area contributed by atoms with E-state index in [-0.39, 0.29) is 59.5 Å². The highest BCUT2D eigenvalue weighted by Crippen LogP contribution is 2.36. The molecule has 2 unspecified atom stereocenters. The molecule has 0 aromatic rings. The second-order valence-corrected chi connectivity index (χ2v) is 6.91. The Morgan fingerprint density at radius 2 is 1.15 bits per heavy atom. The van der Waals surface area contributed by atoms with Crippen LogP contribution in [0.15, 0.2) is 22.8 Å². The number of hydrogen-bond acceptors (Lipinski definition) is 6. The lowest BCUT2D eigenvalue weighted by Crippen LogP contribution is -2.43. The zero-order chi connectivity index (χ0) is 19.2. The first kappa shape index (κ1) is 18.2. The SMILES string of the molecule is CCC(=O)NC1=C(N2CC2C)C(=O)C(NC(=O)CC)=C(N2CC2C)C1=O. The minimum Gasteiger partial charge on any atom is -0.360 e. The second kappa shape index (κ2) is 6.59. The zero-order valence-corrected chi connectivity index (χ0v) is 15.5. The van der Waals surface area contributed by atoms with E-state index in [1.165, 1.54) is 0 Å². The van der Waals surface area contributed by atoms with Crippen LogP contribution in [0.4, 0.5) is 0 Å². The number of amides is 2. The van der Waals surface area contributed by atoms with Gasteiger partial charge in [0.1, 0.15) is 22.8 Å². The van der Waals surface area contributed by atoms with Crippen LogP contribution in [0.1, 0.15) is 40.5 Å². The van der Waals surface area contributed by atoms with Crippen molar-refractivity contribution in [2.24, 2.45) is 0 Å². The van der Waals surface area contributed by atoms with Gasteiger partial charge in [-0.05, 0) is 13.8 Å². The van der Waals surface area contributed by atoms with E-state index < -0.39 is 11.6 Å². The van der Waals surface area contributed by atoms with Crippen LogP contribution >= 0.6 is 0 Å². The van der Waals surface area contributed by atoms with Crippen LogP contribution in [0.25, 0.3) is 0 Å². The van der Waals surface area contributed by atoms with Crippen molar-refractivity contribution in [3.63, 3.8) is 0 Å². The molecule has 2 atom stereocenters. The van der Waals surface area contributed by atoms with Crippen molar-refractivity contribution >= 4 is 23.4 Å². The Bertz CT molecular complexity index is 703. The predicted molar refractivity (Wildman–Crippen MR) is 93.3 cm³/mol. The molecule has 3 rings (SSSR count). The molecule has 1 aliphatic carbocycles. The summed E-state index contributed by atoms with van der Waals surface area (Å²) in [6, 6.07) is 0.222. The van der Waals surface area contributed by atoms with Gasteiger partial charge in [0, 0.05) is 38.0 Å². The molecule has 2 aliphatic heterocycles. The smallest absolute Gasteiger partial charge is 0.229 e. The lowest BCUT2D eigenvalue weighted by atomic mass is 9.98. The van der Waals surface area contributed by atoms with Gasteiger partial charge < -0.3 is 20.4 Å². The predicted octanol–water partition coefficient (Wildman–Crippen LogP) is 0.0220. The Hall–Kier alpha value is -2.64. The third kappa shape index (κ3) is 3.11. The summed E-state index contributed by atoms with van der Waals surface area (Å²) in [6.07, 6.45) is 0.402. The molecule has 2 heterocycles. The number of ketones is 2. The monoisotopic (exact) mass is 360 g/mol. The maximum Gasteiger partial charge on any atom is 0.229 e. The van der Waals surface area contributed by atoms with E-state index in [1.54, 1.807) is 23.6 Å². The Labute approximate surface area is 152 Å². The van der Waals surface area contributed by atoms with Gasteiger partial charge >= 0.3 is 0 Å². The van der Waals surface area contributed by atoms with Crippen LogP contribution in [0, 0.1) is 0 Å². The summed E-state index contributed by atoms with van der Waals surface area (Å²) >= 11 is 0. The summed E-state index contributed by atoms with van der Waals surface area (Å²) in [5, 5.41) is 5.22. The van der Waals surface area contributed by atoms with E-state index in [9.17, 15) is 19.2 Å². The highest BCUT2D eigenvalue weighted by molar-refractivity contribution is 6.26. The van der Waals surface area contributed by atoms with E-state index in [4.69, 9.17) is 0 Å². The van der Waals surface area contributed by atoms with Crippen molar-refractivity contribution in [1.82, 2.24) is 20.4 Å². The van der Waals surface area contributed by atoms with Crippen molar-refractivity contribution < 1.29 is 19.2 Å². The van der Waals surface area contributed by atoms with Crippen molar-refractivity contribution in [1.29, 1.82) is 0 Å². The molecule has 0 aromatic carbocycles. The quantitative estimate of drug-likeness (QED) is 0.512. The Kier molecular flexibility index (Phi) is 4.60. The van der Waals surface area contributed by atoms with Gasteiger partial charge in [0.15, 0.2) is 0 Å². The third-order valence-electron chi connectivity index (χ3n) is 4.82. The normalized spacial score (nSPS) is 24.9. The third-order valence-corrected chi connectivity index (χ3v) is 4.82. The van der Waals surface area contributed by atoms with Crippen LogP contribution in [0.3, 0.4) is 0 Å². The van der Waals surface area contributed by atoms with Gasteiger partial charge in [-0.1, -0.05) is 13.8 Å². The van der Waals surface area contributed by atoms with Crippen molar-refractivity contribution in [3.8, 4) is 0 Å². The largest absolute Gasteiger partial charge is 0.360 e. The highest BCUT2D eigenvalue weighted by atomic mass is 16.2. The molecule has 8 heteroatoms. The molecular weight excluding hydrogens is 336 g/mol. The van der Waals surface area contributed by atoms with Crippen LogP contribution in [-0.4, -0.2) is 58.4 Å². The fourth-order valence-electron chi connectivity index (χ4n) is 3.01. The van der Waals surface area contributed by atoms with Crippen molar-refractivity contribution in [3.05, 3.63) is 22.8 Å². The summed E-state index contributed by atoms with van der Waals surface area (Å²) < 4.78 is 0. The Balaban J connectivity index is 2.06. The number of carbonyl (C=O) groups excluding carboxylic acids is 4. The molecule has 0 spiro atoms. The number of hydrogen-bond donors (Lipinski definition) is 2. The van der Waals surface area contributed by atoms with Gasteiger partial charge in [-0.3, -0.25) is 19.2 Å². The lowest BCUT2D eigenvalue weighted by Gasteiger charge is -2.26. The first-order chi connectivity index (χ1) is 12.3. The summed E-state index contributed by atoms with van der Waals surface area (Å²) in [5.74, 6) is -1.49. The van der Waals surface area contributed by atoms with E-state index in [0.717, 1.165) is 0 Å². The number of carbonyl (C=O) groups is 4. The highest BCUT2D eigenvalue weighted by Gasteiger charge is 2.48. The number of rotatable bonds is 6. The van der Waals surface area contributed by atoms with E-state index in [2.05, 4.69) is 10.6 Å². The van der Waals surface area contributed by atoms with Crippen molar-refractivity contribution in [2.75, 3.05) is 13.1 Å². The molecule has 2 saturated heterocycles. The first-order valence-electron chi connectivity index (χ1n) is 9.01. The maximum atomic E-state index is 13.2. The molecule has 8 nitrogen and oxygen atoms in total. The minimum atomic E-state index is -0.420. The Morgan fingerprint density at radius 1 is 0.846 bits per heavy atom. The van der Waals surface area contributed by atoms with Crippen LogP contribution in [0.2, 0.25) is 0 Å². The standard InChI is InChI=1S/C18H24N4O4/c1-5-11(23)19-13-15(21-7-9(21)3)18(26)14(20-12(24)6-2)16(17(13)25)22-8-10(22)4/h9-10H,5-8H2,1-4H3,(H,19,23)(H,20,24). The zero-order valence-electron chi connectivity index (χ0n) is 15.5. The van der Waals surface area contributed by atoms with Crippen molar-refractivity contribution in [2.45, 2.75) is 52.6 Å². The lowest BCUT2D eigenvalue weighted by molar-refractivity contribution is -0.124. The Morgan fingerprint density at radius 3 is 1.38 bits per heavy atom. The molecule has 26 heavy (non-hydrogen) atoms. The molecule has 2 amide bonds. The van der Waals surface area contributed by atoms with Gasteiger partial charge in [-0.15, -0.1) is 0 Å². The average Bonchev–Trinajstić information content (AvgIpc) is 3.51. The molecule has 0 saturated carbocycles. The summed E-state index contributed by atoms with van der Waals surface area (Å²) in [4.78, 5) is 53.8. The molecule has 140 valence electrons. The topological polar surface area (TPSA) is 98.4 Å². The molecule has 2 N–H and O–H groups in total. The van der Waals surface area contributed by atoms with E-state index in [0.29, 0.717) is 13.1 Å². The molecular formula is C18H24N4O4. The minimum absolute atomic E-state index is 0.0230. The van der Waals surface area contributed by atoms with E-state index in [1.807, 2.05) is 13.8 Å². The fourth-order valence-corrected chi connectivity index (χ4v) is 3.01. The first-order valence-corrected chi connectivity index (χ1v) is 9.01. The molecule has 0 aromatic heterocycles. The van der Waals surface area contributed by atoms with Crippen LogP contribution in [-0.2, 0) is 19.2 Å². The molecule has 0 bridgehead atoms. The summed E-state index contributed by atoms with van der Waals surface area (Å²) in [7, 11) is 0. The van der Waals surface area contributed by atoms with Gasteiger partial charge in [0.25, 0.3) is 0 Å². The van der Waals surface area contributed by atoms with Crippen LogP contribution < -0.4 is 10.6 Å². The summed E-state index contributed by atoms with van der Waals surface area (Å²) in [5.41, 5.74) is 0.396. The summed E-state index contributed by atoms with van der Waals surface area (Å²) in [6.45, 7) is 8.48. The second-order valence-electron chi connectivity index (χ2n) is 6.91. The van der Waals surface area contributed by atoms with Gasteiger partial charge in [0.05, 0.1) is 0 Å². The average molecular weight is 360 g/mol. The molecule has 3 aliphatic rings. The van der Waals surface area contributed by atoms with Gasteiger partial charge in [0.2, 0.25) is 23.4 Å². The maximum absolute atomic E-state index is 13.2. The number of Topliss-reactive ketones (excluding diaryl/α,β-unsaturated/α-hetero) is 2. The fraction of sp³-hybridized carbons (Fsp3) is 0.556. The number of nitrogens with one attached hydrogen (secondary N) is 2. The van der Waals surface area contributed by atoms with Gasteiger partial charge in [-0.25, -0.2) is 0 Å².